The first-order chi connectivity index (χ1) is 11.7. The van der Waals surface area contributed by atoms with Crippen LogP contribution in [-0.2, 0) is 6.42 Å². The fourth-order valence-electron chi connectivity index (χ4n) is 2.23. The minimum atomic E-state index is -0.628. The van der Waals surface area contributed by atoms with Gasteiger partial charge in [-0.1, -0.05) is 12.1 Å². The van der Waals surface area contributed by atoms with E-state index in [2.05, 4.69) is 9.97 Å². The number of halogens is 2. The Hall–Kier alpha value is -3.02. The Kier molecular flexibility index (Phi) is 4.65. The maximum atomic E-state index is 13.7. The molecular formula is C18H14F2N2O2. The van der Waals surface area contributed by atoms with Crippen molar-refractivity contribution in [3.05, 3.63) is 77.8 Å². The van der Waals surface area contributed by atoms with Crippen molar-refractivity contribution in [2.24, 2.45) is 0 Å². The van der Waals surface area contributed by atoms with Crippen LogP contribution in [0, 0.1) is 11.8 Å². The molecule has 2 aromatic heterocycles. The normalized spacial score (nSPS) is 10.5. The molecule has 122 valence electrons. The van der Waals surface area contributed by atoms with Crippen LogP contribution >= 0.6 is 0 Å². The Bertz CT molecular complexity index is 856. The lowest BCUT2D eigenvalue weighted by Gasteiger charge is -2.11. The van der Waals surface area contributed by atoms with Crippen LogP contribution in [0.2, 0.25) is 0 Å². The van der Waals surface area contributed by atoms with Crippen molar-refractivity contribution in [3.63, 3.8) is 0 Å². The van der Waals surface area contributed by atoms with Crippen molar-refractivity contribution >= 4 is 0 Å². The minimum Gasteiger partial charge on any atom is -0.493 e. The van der Waals surface area contributed by atoms with Gasteiger partial charge < -0.3 is 9.47 Å². The van der Waals surface area contributed by atoms with E-state index in [9.17, 15) is 8.78 Å². The first-order valence-corrected chi connectivity index (χ1v) is 7.21. The molecule has 0 aliphatic heterocycles. The van der Waals surface area contributed by atoms with Crippen molar-refractivity contribution in [2.75, 3.05) is 7.11 Å². The third-order valence-corrected chi connectivity index (χ3v) is 3.38. The van der Waals surface area contributed by atoms with Crippen molar-refractivity contribution in [1.29, 1.82) is 0 Å². The highest BCUT2D eigenvalue weighted by Crippen LogP contribution is 2.32. The summed E-state index contributed by atoms with van der Waals surface area (Å²) in [5.74, 6) is -0.0131. The van der Waals surface area contributed by atoms with E-state index in [4.69, 9.17) is 9.47 Å². The van der Waals surface area contributed by atoms with Crippen LogP contribution in [0.25, 0.3) is 0 Å². The molecule has 3 rings (SSSR count). The van der Waals surface area contributed by atoms with Gasteiger partial charge in [-0.2, -0.15) is 9.37 Å². The lowest BCUT2D eigenvalue weighted by Crippen LogP contribution is -1.97. The summed E-state index contributed by atoms with van der Waals surface area (Å²) in [7, 11) is 1.50. The molecule has 0 bridgehead atoms. The van der Waals surface area contributed by atoms with Crippen LogP contribution in [0.1, 0.15) is 11.1 Å². The summed E-state index contributed by atoms with van der Waals surface area (Å²) >= 11 is 0. The number of hydrogen-bond donors (Lipinski definition) is 0. The highest BCUT2D eigenvalue weighted by molar-refractivity contribution is 5.45. The third kappa shape index (κ3) is 3.65. The first kappa shape index (κ1) is 15.9. The van der Waals surface area contributed by atoms with E-state index < -0.39 is 5.95 Å². The van der Waals surface area contributed by atoms with Gasteiger partial charge >= 0.3 is 0 Å². The summed E-state index contributed by atoms with van der Waals surface area (Å²) in [4.78, 5) is 7.38. The Morgan fingerprint density at radius 3 is 2.67 bits per heavy atom. The molecule has 0 unspecified atom stereocenters. The number of hydrogen-bond acceptors (Lipinski definition) is 4. The van der Waals surface area contributed by atoms with Gasteiger partial charge in [0.25, 0.3) is 0 Å². The predicted octanol–water partition coefficient (Wildman–Crippen LogP) is 4.15. The van der Waals surface area contributed by atoms with Gasteiger partial charge in [-0.25, -0.2) is 4.39 Å². The standard InChI is InChI=1S/C18H14F2N2O2/c1-23-16-10-12(9-13-7-8-21-11-14(13)19)5-6-15(16)24-18-4-2-3-17(20)22-18/h2-8,10-11H,9H2,1H3. The Balaban J connectivity index is 1.84. The fraction of sp³-hybridized carbons (Fsp3) is 0.111. The van der Waals surface area contributed by atoms with Gasteiger partial charge in [-0.15, -0.1) is 0 Å². The monoisotopic (exact) mass is 328 g/mol. The van der Waals surface area contributed by atoms with E-state index in [0.717, 1.165) is 5.56 Å². The van der Waals surface area contributed by atoms with Crippen molar-refractivity contribution in [3.8, 4) is 17.4 Å². The average Bonchev–Trinajstić information content (AvgIpc) is 2.58. The number of methoxy groups -OCH3 is 1. The Morgan fingerprint density at radius 1 is 1.04 bits per heavy atom. The molecule has 0 saturated carbocycles. The van der Waals surface area contributed by atoms with E-state index in [1.807, 2.05) is 0 Å². The molecule has 0 amide bonds. The summed E-state index contributed by atoms with van der Waals surface area (Å²) in [6.45, 7) is 0. The summed E-state index contributed by atoms with van der Waals surface area (Å²) in [5.41, 5.74) is 1.38. The summed E-state index contributed by atoms with van der Waals surface area (Å²) in [6.07, 6.45) is 3.12. The Morgan fingerprint density at radius 2 is 1.92 bits per heavy atom. The summed E-state index contributed by atoms with van der Waals surface area (Å²) in [5, 5.41) is 0. The van der Waals surface area contributed by atoms with Crippen LogP contribution in [0.15, 0.2) is 54.9 Å². The molecule has 2 heterocycles. The van der Waals surface area contributed by atoms with Gasteiger partial charge in [0, 0.05) is 18.7 Å². The van der Waals surface area contributed by atoms with Gasteiger partial charge in [0.2, 0.25) is 11.8 Å². The van der Waals surface area contributed by atoms with Crippen molar-refractivity contribution < 1.29 is 18.3 Å². The minimum absolute atomic E-state index is 0.126. The van der Waals surface area contributed by atoms with Crippen molar-refractivity contribution in [1.82, 2.24) is 9.97 Å². The second-order valence-corrected chi connectivity index (χ2v) is 5.03. The molecule has 1 aromatic carbocycles. The molecule has 3 aromatic rings. The van der Waals surface area contributed by atoms with Gasteiger partial charge in [0.05, 0.1) is 13.3 Å². The molecule has 0 fully saturated rings. The number of aromatic nitrogens is 2. The van der Waals surface area contributed by atoms with Gasteiger partial charge in [0.1, 0.15) is 5.82 Å². The lowest BCUT2D eigenvalue weighted by molar-refractivity contribution is 0.370. The molecule has 0 aliphatic carbocycles. The second kappa shape index (κ2) is 7.04. The maximum Gasteiger partial charge on any atom is 0.222 e. The molecule has 0 saturated heterocycles. The fourth-order valence-corrected chi connectivity index (χ4v) is 2.23. The molecule has 0 N–H and O–H groups in total. The molecule has 0 spiro atoms. The number of rotatable bonds is 5. The van der Waals surface area contributed by atoms with Crippen molar-refractivity contribution in [2.45, 2.75) is 6.42 Å². The van der Waals surface area contributed by atoms with Gasteiger partial charge in [-0.3, -0.25) is 4.98 Å². The first-order valence-electron chi connectivity index (χ1n) is 7.21. The van der Waals surface area contributed by atoms with Crippen LogP contribution in [0.4, 0.5) is 8.78 Å². The third-order valence-electron chi connectivity index (χ3n) is 3.38. The predicted molar refractivity (Wildman–Crippen MR) is 84.3 cm³/mol. The van der Waals surface area contributed by atoms with Crippen LogP contribution < -0.4 is 9.47 Å². The van der Waals surface area contributed by atoms with Gasteiger partial charge in [0.15, 0.2) is 11.5 Å². The number of benzene rings is 1. The summed E-state index contributed by atoms with van der Waals surface area (Å²) in [6, 6.07) is 11.1. The molecule has 0 atom stereocenters. The van der Waals surface area contributed by atoms with Crippen LogP contribution in [-0.4, -0.2) is 17.1 Å². The van der Waals surface area contributed by atoms with E-state index in [1.165, 1.54) is 25.4 Å². The molecule has 24 heavy (non-hydrogen) atoms. The van der Waals surface area contributed by atoms with Crippen LogP contribution in [0.5, 0.6) is 17.4 Å². The van der Waals surface area contributed by atoms with E-state index >= 15 is 0 Å². The smallest absolute Gasteiger partial charge is 0.222 e. The highest BCUT2D eigenvalue weighted by atomic mass is 19.1. The maximum absolute atomic E-state index is 13.7. The second-order valence-electron chi connectivity index (χ2n) is 5.03. The SMILES string of the molecule is COc1cc(Cc2ccncc2F)ccc1Oc1cccc(F)n1. The highest BCUT2D eigenvalue weighted by Gasteiger charge is 2.10. The number of ether oxygens (including phenoxy) is 2. The topological polar surface area (TPSA) is 44.2 Å². The zero-order valence-corrected chi connectivity index (χ0v) is 12.9. The molecule has 4 nitrogen and oxygen atoms in total. The molecule has 6 heteroatoms. The quantitative estimate of drug-likeness (QED) is 0.660. The number of nitrogens with zero attached hydrogens (tertiary/aromatic N) is 2. The lowest BCUT2D eigenvalue weighted by atomic mass is 10.1. The molecule has 0 aliphatic rings. The van der Waals surface area contributed by atoms with E-state index in [1.54, 1.807) is 36.5 Å². The zero-order chi connectivity index (χ0) is 16.9. The zero-order valence-electron chi connectivity index (χ0n) is 12.9. The molecular weight excluding hydrogens is 314 g/mol. The molecule has 0 radical (unpaired) electrons. The van der Waals surface area contributed by atoms with Gasteiger partial charge in [-0.05, 0) is 35.4 Å². The number of pyridine rings is 2. The van der Waals surface area contributed by atoms with E-state index in [0.29, 0.717) is 23.5 Å². The Labute approximate surface area is 137 Å². The average molecular weight is 328 g/mol. The van der Waals surface area contributed by atoms with Crippen LogP contribution in [0.3, 0.4) is 0 Å². The largest absolute Gasteiger partial charge is 0.493 e. The summed E-state index contributed by atoms with van der Waals surface area (Å²) < 4.78 is 37.7. The van der Waals surface area contributed by atoms with E-state index in [-0.39, 0.29) is 11.7 Å².